The Morgan fingerprint density at radius 1 is 1.00 bits per heavy atom. The zero-order valence-corrected chi connectivity index (χ0v) is 17.3. The number of methoxy groups -OCH3 is 2. The number of carbonyl (C=O) groups is 4. The van der Waals surface area contributed by atoms with E-state index in [2.05, 4.69) is 20.1 Å². The van der Waals surface area contributed by atoms with E-state index in [1.54, 1.807) is 20.8 Å². The molecule has 0 aromatic rings. The van der Waals surface area contributed by atoms with E-state index in [-0.39, 0.29) is 11.5 Å². The van der Waals surface area contributed by atoms with Gasteiger partial charge in [0.15, 0.2) is 0 Å². The standard InChI is InChI=1S/C16H29N3O7S/c1-9(13(21)24-5)18-12(20)10(17)7-27-8-11(14(22)25-6)19-15(23)26-16(2,3)4/h9-11H,7-8,17H2,1-6H3,(H,18,20)(H,19,23)/t9-,10-,11+/m1/s1. The molecule has 0 aliphatic heterocycles. The van der Waals surface area contributed by atoms with Crippen LogP contribution in [0, 0.1) is 0 Å². The van der Waals surface area contributed by atoms with E-state index in [0.717, 1.165) is 0 Å². The van der Waals surface area contributed by atoms with Crippen molar-refractivity contribution < 1.29 is 33.4 Å². The minimum Gasteiger partial charge on any atom is -0.467 e. The lowest BCUT2D eigenvalue weighted by atomic mass is 10.2. The number of alkyl carbamates (subject to hydrolysis) is 1. The molecule has 11 heteroatoms. The molecular formula is C16H29N3O7S. The lowest BCUT2D eigenvalue weighted by Gasteiger charge is -2.22. The number of nitrogens with one attached hydrogen (secondary N) is 2. The van der Waals surface area contributed by atoms with Crippen molar-refractivity contribution in [3.05, 3.63) is 0 Å². The maximum atomic E-state index is 11.9. The van der Waals surface area contributed by atoms with Gasteiger partial charge in [0.25, 0.3) is 0 Å². The van der Waals surface area contributed by atoms with Gasteiger partial charge in [-0.05, 0) is 27.7 Å². The van der Waals surface area contributed by atoms with E-state index < -0.39 is 47.7 Å². The lowest BCUT2D eigenvalue weighted by molar-refractivity contribution is -0.144. The second kappa shape index (κ2) is 11.7. The maximum absolute atomic E-state index is 11.9. The minimum atomic E-state index is -0.959. The molecule has 0 aromatic heterocycles. The zero-order valence-electron chi connectivity index (χ0n) is 16.5. The average Bonchev–Trinajstić information content (AvgIpc) is 2.57. The van der Waals surface area contributed by atoms with Gasteiger partial charge in [0.05, 0.1) is 20.3 Å². The molecule has 3 atom stereocenters. The van der Waals surface area contributed by atoms with Gasteiger partial charge >= 0.3 is 18.0 Å². The molecular weight excluding hydrogens is 378 g/mol. The van der Waals surface area contributed by atoms with Crippen LogP contribution in [0.15, 0.2) is 0 Å². The molecule has 0 fully saturated rings. The fourth-order valence-corrected chi connectivity index (χ4v) is 2.70. The topological polar surface area (TPSA) is 146 Å². The number of hydrogen-bond donors (Lipinski definition) is 3. The maximum Gasteiger partial charge on any atom is 0.408 e. The third-order valence-corrected chi connectivity index (χ3v) is 4.17. The largest absolute Gasteiger partial charge is 0.467 e. The summed E-state index contributed by atoms with van der Waals surface area (Å²) in [6, 6.07) is -2.70. The van der Waals surface area contributed by atoms with Crippen molar-refractivity contribution in [1.82, 2.24) is 10.6 Å². The van der Waals surface area contributed by atoms with Gasteiger partial charge in [0.2, 0.25) is 5.91 Å². The number of rotatable bonds is 9. The smallest absolute Gasteiger partial charge is 0.408 e. The SMILES string of the molecule is COC(=O)[C@H](CSC[C@@H](N)C(=O)N[C@H](C)C(=O)OC)NC(=O)OC(C)(C)C. The second-order valence-corrected chi connectivity index (χ2v) is 7.69. The summed E-state index contributed by atoms with van der Waals surface area (Å²) in [5.41, 5.74) is 5.06. The van der Waals surface area contributed by atoms with Crippen LogP contribution in [-0.4, -0.2) is 73.4 Å². The highest BCUT2D eigenvalue weighted by atomic mass is 32.2. The van der Waals surface area contributed by atoms with Gasteiger partial charge in [-0.3, -0.25) is 4.79 Å². The predicted molar refractivity (Wildman–Crippen MR) is 100 cm³/mol. The van der Waals surface area contributed by atoms with Gasteiger partial charge in [0, 0.05) is 11.5 Å². The van der Waals surface area contributed by atoms with Gasteiger partial charge in [-0.2, -0.15) is 11.8 Å². The van der Waals surface area contributed by atoms with Gasteiger partial charge < -0.3 is 30.6 Å². The highest BCUT2D eigenvalue weighted by Crippen LogP contribution is 2.10. The number of thioether (sulfide) groups is 1. The van der Waals surface area contributed by atoms with Crippen molar-refractivity contribution in [2.75, 3.05) is 25.7 Å². The van der Waals surface area contributed by atoms with Crippen LogP contribution in [0.4, 0.5) is 4.79 Å². The van der Waals surface area contributed by atoms with Gasteiger partial charge in [-0.25, -0.2) is 14.4 Å². The molecule has 0 spiro atoms. The Kier molecular flexibility index (Phi) is 10.8. The van der Waals surface area contributed by atoms with Gasteiger partial charge in [-0.1, -0.05) is 0 Å². The Hall–Kier alpha value is -2.01. The van der Waals surface area contributed by atoms with Crippen molar-refractivity contribution in [2.45, 2.75) is 51.4 Å². The van der Waals surface area contributed by atoms with E-state index in [4.69, 9.17) is 10.5 Å². The molecule has 0 rings (SSSR count). The first-order chi connectivity index (χ1) is 12.4. The number of nitrogens with two attached hydrogens (primary N) is 1. The summed E-state index contributed by atoms with van der Waals surface area (Å²) in [5, 5.41) is 4.85. The molecule has 10 nitrogen and oxygen atoms in total. The Labute approximate surface area is 163 Å². The van der Waals surface area contributed by atoms with Crippen molar-refractivity contribution in [2.24, 2.45) is 5.73 Å². The molecule has 0 aliphatic rings. The highest BCUT2D eigenvalue weighted by Gasteiger charge is 2.26. The third kappa shape index (κ3) is 10.7. The van der Waals surface area contributed by atoms with Gasteiger partial charge in [0.1, 0.15) is 17.7 Å². The summed E-state index contributed by atoms with van der Waals surface area (Å²) >= 11 is 1.17. The molecule has 0 heterocycles. The molecule has 0 aliphatic carbocycles. The first kappa shape index (κ1) is 25.0. The molecule has 27 heavy (non-hydrogen) atoms. The fraction of sp³-hybridized carbons (Fsp3) is 0.750. The Bertz CT molecular complexity index is 537. The van der Waals surface area contributed by atoms with Crippen LogP contribution < -0.4 is 16.4 Å². The number of amides is 2. The van der Waals surface area contributed by atoms with Crippen LogP contribution >= 0.6 is 11.8 Å². The van der Waals surface area contributed by atoms with Crippen LogP contribution in [0.2, 0.25) is 0 Å². The van der Waals surface area contributed by atoms with E-state index in [1.165, 1.54) is 32.9 Å². The second-order valence-electron chi connectivity index (χ2n) is 6.62. The average molecular weight is 407 g/mol. The fourth-order valence-electron chi connectivity index (χ4n) is 1.71. The van der Waals surface area contributed by atoms with Crippen LogP contribution in [0.25, 0.3) is 0 Å². The van der Waals surface area contributed by atoms with Crippen LogP contribution in [0.1, 0.15) is 27.7 Å². The summed E-state index contributed by atoms with van der Waals surface area (Å²) in [5.74, 6) is -1.49. The van der Waals surface area contributed by atoms with Crippen molar-refractivity contribution in [1.29, 1.82) is 0 Å². The Morgan fingerprint density at radius 3 is 2.04 bits per heavy atom. The molecule has 0 bridgehead atoms. The van der Waals surface area contributed by atoms with E-state index in [0.29, 0.717) is 0 Å². The summed E-state index contributed by atoms with van der Waals surface area (Å²) < 4.78 is 14.3. The van der Waals surface area contributed by atoms with Crippen molar-refractivity contribution in [3.63, 3.8) is 0 Å². The first-order valence-electron chi connectivity index (χ1n) is 8.20. The van der Waals surface area contributed by atoms with Gasteiger partial charge in [-0.15, -0.1) is 0 Å². The molecule has 0 aromatic carbocycles. The zero-order chi connectivity index (χ0) is 21.2. The monoisotopic (exact) mass is 407 g/mol. The quantitative estimate of drug-likeness (QED) is 0.349. The third-order valence-electron chi connectivity index (χ3n) is 3.01. The number of ether oxygens (including phenoxy) is 3. The summed E-state index contributed by atoms with van der Waals surface area (Å²) in [7, 11) is 2.41. The predicted octanol–water partition coefficient (Wildman–Crippen LogP) is -0.209. The highest BCUT2D eigenvalue weighted by molar-refractivity contribution is 7.99. The van der Waals surface area contributed by atoms with E-state index >= 15 is 0 Å². The van der Waals surface area contributed by atoms with E-state index in [1.807, 2.05) is 0 Å². The molecule has 156 valence electrons. The molecule has 0 saturated carbocycles. The van der Waals surface area contributed by atoms with Crippen LogP contribution in [0.5, 0.6) is 0 Å². The van der Waals surface area contributed by atoms with Crippen LogP contribution in [-0.2, 0) is 28.6 Å². The number of carbonyl (C=O) groups excluding carboxylic acids is 4. The number of hydrogen-bond acceptors (Lipinski definition) is 9. The Balaban J connectivity index is 4.55. The molecule has 4 N–H and O–H groups in total. The molecule has 0 radical (unpaired) electrons. The minimum absolute atomic E-state index is 0.124. The summed E-state index contributed by atoms with van der Waals surface area (Å²) in [6.45, 7) is 6.56. The summed E-state index contributed by atoms with van der Waals surface area (Å²) in [4.78, 5) is 46.9. The lowest BCUT2D eigenvalue weighted by Crippen LogP contribution is -2.49. The van der Waals surface area contributed by atoms with Crippen molar-refractivity contribution >= 4 is 35.7 Å². The van der Waals surface area contributed by atoms with Crippen LogP contribution in [0.3, 0.4) is 0 Å². The van der Waals surface area contributed by atoms with E-state index in [9.17, 15) is 19.2 Å². The molecule has 0 saturated heterocycles. The Morgan fingerprint density at radius 2 is 1.56 bits per heavy atom. The first-order valence-corrected chi connectivity index (χ1v) is 9.35. The summed E-state index contributed by atoms with van der Waals surface area (Å²) in [6.07, 6.45) is -0.757. The molecule has 0 unspecified atom stereocenters. The van der Waals surface area contributed by atoms with Crippen molar-refractivity contribution in [3.8, 4) is 0 Å². The molecule has 2 amide bonds. The normalized spacial score (nSPS) is 14.3. The number of esters is 2.